The quantitative estimate of drug-likeness (QED) is 0.348. The Morgan fingerprint density at radius 2 is 2.04 bits per heavy atom. The molecule has 0 atom stereocenters. The number of fused-ring (bicyclic) bond motifs is 4. The molecule has 118 valence electrons. The molecule has 0 bridgehead atoms. The minimum absolute atomic E-state index is 0.723. The summed E-state index contributed by atoms with van der Waals surface area (Å²) in [5.74, 6) is 0.998. The van der Waals surface area contributed by atoms with Gasteiger partial charge in [0.05, 0.1) is 17.8 Å². The van der Waals surface area contributed by atoms with E-state index in [2.05, 4.69) is 80.0 Å². The number of aromatic amines is 1. The molecule has 0 unspecified atom stereocenters. The molecule has 1 N–H and O–H groups in total. The number of hydrogen-bond donors (Lipinski definition) is 1. The maximum Gasteiger partial charge on any atom is 0.134 e. The van der Waals surface area contributed by atoms with Gasteiger partial charge in [0.25, 0.3) is 0 Å². The van der Waals surface area contributed by atoms with Crippen LogP contribution in [0.4, 0.5) is 0 Å². The molecule has 0 fully saturated rings. The second kappa shape index (κ2) is 5.46. The normalized spacial score (nSPS) is 13.4. The molecule has 0 spiro atoms. The molecule has 3 heterocycles. The molecule has 2 aromatic heterocycles. The van der Waals surface area contributed by atoms with Crippen LogP contribution in [0.15, 0.2) is 47.1 Å². The summed E-state index contributed by atoms with van der Waals surface area (Å²) in [6.07, 6.45) is 2.95. The van der Waals surface area contributed by atoms with Gasteiger partial charge in [-0.2, -0.15) is 0 Å². The van der Waals surface area contributed by atoms with Crippen molar-refractivity contribution in [2.45, 2.75) is 6.42 Å². The van der Waals surface area contributed by atoms with Crippen molar-refractivity contribution >= 4 is 60.3 Å². The van der Waals surface area contributed by atoms with E-state index < -0.39 is 0 Å². The summed E-state index contributed by atoms with van der Waals surface area (Å²) in [5.41, 5.74) is 5.47. The number of hydrogen-bond acceptors (Lipinski definition) is 2. The Morgan fingerprint density at radius 3 is 2.96 bits per heavy atom. The van der Waals surface area contributed by atoms with Gasteiger partial charge >= 0.3 is 0 Å². The number of aromatic nitrogens is 2. The van der Waals surface area contributed by atoms with Crippen LogP contribution in [0.25, 0.3) is 33.1 Å². The number of pyridine rings is 1. The second-order valence-electron chi connectivity index (χ2n) is 5.92. The number of halogens is 2. The Balaban J connectivity index is 1.86. The van der Waals surface area contributed by atoms with Crippen LogP contribution in [0, 0.1) is 3.57 Å². The van der Waals surface area contributed by atoms with Crippen LogP contribution in [-0.2, 0) is 6.42 Å². The van der Waals surface area contributed by atoms with Crippen molar-refractivity contribution in [3.05, 3.63) is 56.2 Å². The number of H-pyrrole nitrogens is 1. The first-order valence-corrected chi connectivity index (χ1v) is 9.60. The van der Waals surface area contributed by atoms with E-state index in [9.17, 15) is 0 Å². The number of nitrogens with one attached hydrogen (secondary N) is 1. The molecule has 0 amide bonds. The topological polar surface area (TPSA) is 37.9 Å². The highest BCUT2D eigenvalue weighted by molar-refractivity contribution is 14.1. The van der Waals surface area contributed by atoms with Gasteiger partial charge in [-0.15, -0.1) is 0 Å². The Labute approximate surface area is 160 Å². The monoisotopic (exact) mass is 490 g/mol. The SMILES string of the molecule is Brc1ccc2[nH]cc(-c3nc4ccc(I)cc4c4c3CCO4)c2c1. The van der Waals surface area contributed by atoms with E-state index in [0.717, 1.165) is 50.9 Å². The van der Waals surface area contributed by atoms with Crippen molar-refractivity contribution in [1.82, 2.24) is 9.97 Å². The lowest BCUT2D eigenvalue weighted by molar-refractivity contribution is 0.360. The fourth-order valence-corrected chi connectivity index (χ4v) is 4.26. The van der Waals surface area contributed by atoms with Crippen LogP contribution < -0.4 is 4.74 Å². The van der Waals surface area contributed by atoms with E-state index in [1.165, 1.54) is 14.5 Å². The van der Waals surface area contributed by atoms with Crippen LogP contribution >= 0.6 is 38.5 Å². The summed E-state index contributed by atoms with van der Waals surface area (Å²) in [4.78, 5) is 8.35. The van der Waals surface area contributed by atoms with Gasteiger partial charge in [-0.3, -0.25) is 0 Å². The van der Waals surface area contributed by atoms with Gasteiger partial charge < -0.3 is 9.72 Å². The molecule has 2 aromatic carbocycles. The Morgan fingerprint density at radius 1 is 1.12 bits per heavy atom. The van der Waals surface area contributed by atoms with E-state index in [1.54, 1.807) is 0 Å². The third-order valence-electron chi connectivity index (χ3n) is 4.49. The molecule has 3 nitrogen and oxygen atoms in total. The minimum atomic E-state index is 0.723. The smallest absolute Gasteiger partial charge is 0.134 e. The van der Waals surface area contributed by atoms with Crippen LogP contribution in [0.3, 0.4) is 0 Å². The van der Waals surface area contributed by atoms with E-state index in [-0.39, 0.29) is 0 Å². The van der Waals surface area contributed by atoms with Crippen LogP contribution in [0.5, 0.6) is 5.75 Å². The molecule has 24 heavy (non-hydrogen) atoms. The van der Waals surface area contributed by atoms with Crippen molar-refractivity contribution in [2.24, 2.45) is 0 Å². The van der Waals surface area contributed by atoms with Crippen molar-refractivity contribution in [3.63, 3.8) is 0 Å². The Bertz CT molecular complexity index is 1120. The zero-order chi connectivity index (χ0) is 16.3. The Kier molecular flexibility index (Phi) is 3.35. The third kappa shape index (κ3) is 2.18. The second-order valence-corrected chi connectivity index (χ2v) is 8.08. The highest BCUT2D eigenvalue weighted by atomic mass is 127. The summed E-state index contributed by atoms with van der Waals surface area (Å²) in [6, 6.07) is 12.6. The predicted molar refractivity (Wildman–Crippen MR) is 109 cm³/mol. The third-order valence-corrected chi connectivity index (χ3v) is 5.66. The number of benzene rings is 2. The highest BCUT2D eigenvalue weighted by Gasteiger charge is 2.23. The van der Waals surface area contributed by atoms with E-state index in [1.807, 2.05) is 6.07 Å². The largest absolute Gasteiger partial charge is 0.492 e. The van der Waals surface area contributed by atoms with Crippen LogP contribution in [0.1, 0.15) is 5.56 Å². The van der Waals surface area contributed by atoms with Crippen molar-refractivity contribution in [3.8, 4) is 17.0 Å². The molecule has 0 saturated heterocycles. The number of nitrogens with zero attached hydrogens (tertiary/aromatic N) is 1. The fraction of sp³-hybridized carbons (Fsp3) is 0.105. The van der Waals surface area contributed by atoms with Crippen molar-refractivity contribution < 1.29 is 4.74 Å². The van der Waals surface area contributed by atoms with Gasteiger partial charge in [-0.25, -0.2) is 4.98 Å². The summed E-state index contributed by atoms with van der Waals surface area (Å²) >= 11 is 5.91. The molecule has 1 aliphatic rings. The predicted octanol–water partition coefficient (Wildman–Crippen LogP) is 5.69. The lowest BCUT2D eigenvalue weighted by Crippen LogP contribution is -1.92. The molecule has 4 aromatic rings. The molecule has 0 radical (unpaired) electrons. The molecular weight excluding hydrogens is 479 g/mol. The lowest BCUT2D eigenvalue weighted by atomic mass is 10.0. The van der Waals surface area contributed by atoms with E-state index >= 15 is 0 Å². The zero-order valence-electron chi connectivity index (χ0n) is 12.6. The minimum Gasteiger partial charge on any atom is -0.492 e. The first kappa shape index (κ1) is 14.7. The fourth-order valence-electron chi connectivity index (χ4n) is 3.41. The molecule has 0 aliphatic carbocycles. The first-order valence-electron chi connectivity index (χ1n) is 7.72. The van der Waals surface area contributed by atoms with Gasteiger partial charge in [0.2, 0.25) is 0 Å². The maximum absolute atomic E-state index is 5.98. The summed E-state index contributed by atoms with van der Waals surface area (Å²) in [6.45, 7) is 0.723. The standard InChI is InChI=1S/C19H12BrIN2O/c20-10-1-3-16-13(7-10)15(9-22-16)18-12-5-6-24-19(12)14-8-11(21)2-4-17(14)23-18/h1-4,7-9,22H,5-6H2. The first-order chi connectivity index (χ1) is 11.7. The summed E-state index contributed by atoms with van der Waals surface area (Å²) in [7, 11) is 0. The van der Waals surface area contributed by atoms with E-state index in [4.69, 9.17) is 9.72 Å². The average Bonchev–Trinajstić information content (AvgIpc) is 3.21. The molecule has 5 rings (SSSR count). The van der Waals surface area contributed by atoms with Gasteiger partial charge in [0.1, 0.15) is 5.75 Å². The van der Waals surface area contributed by atoms with Gasteiger partial charge in [0, 0.05) is 48.1 Å². The summed E-state index contributed by atoms with van der Waals surface area (Å²) < 4.78 is 8.24. The molecule has 1 aliphatic heterocycles. The molecular formula is C19H12BrIN2O. The van der Waals surface area contributed by atoms with Crippen molar-refractivity contribution in [1.29, 1.82) is 0 Å². The van der Waals surface area contributed by atoms with Crippen LogP contribution in [-0.4, -0.2) is 16.6 Å². The van der Waals surface area contributed by atoms with E-state index in [0.29, 0.717) is 0 Å². The number of rotatable bonds is 1. The van der Waals surface area contributed by atoms with Gasteiger partial charge in [-0.05, 0) is 59.0 Å². The Hall–Kier alpha value is -1.60. The lowest BCUT2D eigenvalue weighted by Gasteiger charge is -2.10. The highest BCUT2D eigenvalue weighted by Crippen LogP contribution is 2.41. The zero-order valence-corrected chi connectivity index (χ0v) is 16.3. The summed E-state index contributed by atoms with van der Waals surface area (Å²) in [5, 5.41) is 2.29. The van der Waals surface area contributed by atoms with Crippen LogP contribution in [0.2, 0.25) is 0 Å². The van der Waals surface area contributed by atoms with Crippen molar-refractivity contribution in [2.75, 3.05) is 6.61 Å². The average molecular weight is 491 g/mol. The van der Waals surface area contributed by atoms with Gasteiger partial charge in [0.15, 0.2) is 0 Å². The maximum atomic E-state index is 5.98. The van der Waals surface area contributed by atoms with Gasteiger partial charge in [-0.1, -0.05) is 15.9 Å². The number of ether oxygens (including phenoxy) is 1. The molecule has 5 heteroatoms. The molecule has 0 saturated carbocycles.